The van der Waals surface area contributed by atoms with E-state index < -0.39 is 12.7 Å². The fraction of sp³-hybridized carbons (Fsp3) is 0.235. The van der Waals surface area contributed by atoms with Gasteiger partial charge in [0.2, 0.25) is 0 Å². The number of hydrogen-bond donors (Lipinski definition) is 0. The van der Waals surface area contributed by atoms with Crippen molar-refractivity contribution in [3.05, 3.63) is 155 Å². The Kier molecular flexibility index (Phi) is 10.2. The molecular weight excluding hydrogens is 896 g/mol. The molecule has 4 aromatic heterocycles. The van der Waals surface area contributed by atoms with E-state index >= 15 is 0 Å². The van der Waals surface area contributed by atoms with E-state index in [-0.39, 0.29) is 36.6 Å². The van der Waals surface area contributed by atoms with Crippen LogP contribution in [0.1, 0.15) is 92.4 Å². The molecule has 5 aromatic carbocycles. The molecule has 0 spiro atoms. The molecule has 58 heavy (non-hydrogen) atoms. The quantitative estimate of drug-likeness (QED) is 0.161. The number of pyridine rings is 2. The summed E-state index contributed by atoms with van der Waals surface area (Å²) in [6.07, 6.45) is 3.59. The van der Waals surface area contributed by atoms with Crippen molar-refractivity contribution < 1.29 is 33.0 Å². The molecule has 0 N–H and O–H groups in total. The van der Waals surface area contributed by atoms with E-state index in [1.54, 1.807) is 12.3 Å². The molecule has 0 aliphatic heterocycles. The summed E-state index contributed by atoms with van der Waals surface area (Å²) in [4.78, 5) is 14.0. The summed E-state index contributed by atoms with van der Waals surface area (Å²) in [6.45, 7) is 14.9. The van der Waals surface area contributed by atoms with Crippen LogP contribution in [0.4, 0.5) is 4.39 Å². The molecule has 0 bridgehead atoms. The van der Waals surface area contributed by atoms with Crippen LogP contribution in [0.5, 0.6) is 0 Å². The Morgan fingerprint density at radius 2 is 1.52 bits per heavy atom. The Labute approximate surface area is 358 Å². The number of halogens is 1. The molecule has 0 atom stereocenters. The summed E-state index contributed by atoms with van der Waals surface area (Å²) in [5.74, 6) is 0.872. The molecule has 0 fully saturated rings. The van der Waals surface area contributed by atoms with Crippen molar-refractivity contribution in [2.45, 2.75) is 79.5 Å². The second-order valence-electron chi connectivity index (χ2n) is 16.4. The second-order valence-corrected chi connectivity index (χ2v) is 16.4. The van der Waals surface area contributed by atoms with Gasteiger partial charge in [0.25, 0.3) is 0 Å². The number of hydrogen-bond acceptors (Lipinski definition) is 4. The first-order valence-corrected chi connectivity index (χ1v) is 19.4. The standard InChI is InChI=1S/C35H30N3O.C16H17FN.Ir/c1-20(2)25-12-8-13-26(21(3)4)33(25)38-31-16-22(5)36-19-30(31)37-35(38)28-15-9-14-27-29-17-23-10-6-7-11-24(23)18-32(29)39-34(27)28;1-11-5-7-13(14(17)9-11)15-8-6-12(10-18-15)16(2,3)4;/h6-14,16-21H,1-5H3;5-6,8-10H,1-4H3;/q2*-1;/i;1D3;. The average molecular weight is 946 g/mol. The number of aryl methyl sites for hydroxylation is 2. The molecule has 0 aliphatic carbocycles. The molecule has 0 saturated carbocycles. The van der Waals surface area contributed by atoms with Gasteiger partial charge in [-0.2, -0.15) is 0 Å². The third-order valence-corrected chi connectivity index (χ3v) is 10.5. The maximum absolute atomic E-state index is 14.1. The number of para-hydroxylation sites is 1. The van der Waals surface area contributed by atoms with Crippen LogP contribution in [-0.2, 0) is 25.5 Å². The summed E-state index contributed by atoms with van der Waals surface area (Å²) < 4.78 is 44.8. The third-order valence-electron chi connectivity index (χ3n) is 10.5. The molecular formula is C51H47FIrN4O-2. The molecule has 7 heteroatoms. The topological polar surface area (TPSA) is 56.7 Å². The van der Waals surface area contributed by atoms with Crippen LogP contribution in [0.2, 0.25) is 0 Å². The summed E-state index contributed by atoms with van der Waals surface area (Å²) in [5, 5.41) is 4.53. The van der Waals surface area contributed by atoms with Gasteiger partial charge in [-0.25, -0.2) is 0 Å². The van der Waals surface area contributed by atoms with Gasteiger partial charge in [-0.05, 0) is 75.5 Å². The van der Waals surface area contributed by atoms with Crippen LogP contribution in [-0.4, -0.2) is 19.5 Å². The molecule has 0 unspecified atom stereocenters. The van der Waals surface area contributed by atoms with Crippen molar-refractivity contribution >= 4 is 43.7 Å². The van der Waals surface area contributed by atoms with Crippen molar-refractivity contribution in [1.82, 2.24) is 19.5 Å². The van der Waals surface area contributed by atoms with Crippen molar-refractivity contribution in [2.75, 3.05) is 0 Å². The molecule has 5 nitrogen and oxygen atoms in total. The van der Waals surface area contributed by atoms with E-state index in [1.165, 1.54) is 28.3 Å². The number of rotatable bonds is 5. The number of imidazole rings is 1. The zero-order chi connectivity index (χ0) is 42.7. The van der Waals surface area contributed by atoms with Gasteiger partial charge >= 0.3 is 0 Å². The SMILES string of the molecule is Cc1cc2c(cn1)nc(-c1[c-]ccc3c1oc1cc4ccccc4cc13)n2-c1c(C(C)C)cccc1C(C)C.[2H]C([2H])([2H])c1c[c-]c(-c2ccc(C(C)(C)C)cn2)c(F)c1.[Ir]. The summed E-state index contributed by atoms with van der Waals surface area (Å²) in [7, 11) is 0. The van der Waals surface area contributed by atoms with Crippen LogP contribution >= 0.6 is 0 Å². The number of furan rings is 1. The molecule has 9 rings (SSSR count). The smallest absolute Gasteiger partial charge is 0.121 e. The molecule has 0 saturated heterocycles. The Bertz CT molecular complexity index is 3020. The van der Waals surface area contributed by atoms with Gasteiger partial charge in [-0.1, -0.05) is 126 Å². The van der Waals surface area contributed by atoms with Crippen LogP contribution in [0.15, 0.2) is 114 Å². The van der Waals surface area contributed by atoms with Crippen LogP contribution < -0.4 is 0 Å². The van der Waals surface area contributed by atoms with Gasteiger partial charge in [0.05, 0.1) is 28.6 Å². The fourth-order valence-electron chi connectivity index (χ4n) is 7.49. The fourth-order valence-corrected chi connectivity index (χ4v) is 7.49. The van der Waals surface area contributed by atoms with Crippen molar-refractivity contribution in [3.63, 3.8) is 0 Å². The minimum absolute atomic E-state index is 0. The average Bonchev–Trinajstić information content (AvgIpc) is 3.76. The van der Waals surface area contributed by atoms with Gasteiger partial charge in [0.15, 0.2) is 0 Å². The molecule has 295 valence electrons. The maximum atomic E-state index is 14.1. The molecule has 9 aromatic rings. The second kappa shape index (κ2) is 16.0. The largest absolute Gasteiger partial charge is 0.501 e. The molecule has 4 heterocycles. The number of fused-ring (bicyclic) bond motifs is 5. The summed E-state index contributed by atoms with van der Waals surface area (Å²) in [5.41, 5.74) is 10.7. The minimum Gasteiger partial charge on any atom is -0.501 e. The summed E-state index contributed by atoms with van der Waals surface area (Å²) in [6, 6.07) is 37.8. The van der Waals surface area contributed by atoms with Gasteiger partial charge in [0.1, 0.15) is 5.58 Å². The van der Waals surface area contributed by atoms with E-state index in [2.05, 4.69) is 142 Å². The van der Waals surface area contributed by atoms with E-state index in [0.29, 0.717) is 17.5 Å². The normalized spacial score (nSPS) is 12.8. The Morgan fingerprint density at radius 1 is 0.793 bits per heavy atom. The predicted molar refractivity (Wildman–Crippen MR) is 233 cm³/mol. The summed E-state index contributed by atoms with van der Waals surface area (Å²) >= 11 is 0. The predicted octanol–water partition coefficient (Wildman–Crippen LogP) is 13.8. The Balaban J connectivity index is 0.000000217. The first kappa shape index (κ1) is 36.8. The third kappa shape index (κ3) is 7.61. The van der Waals surface area contributed by atoms with E-state index in [1.807, 2.05) is 25.3 Å². The van der Waals surface area contributed by atoms with Crippen LogP contribution in [0, 0.1) is 31.7 Å². The zero-order valence-corrected chi connectivity index (χ0v) is 36.4. The number of benzene rings is 5. The van der Waals surface area contributed by atoms with Crippen LogP contribution in [0.25, 0.3) is 72.1 Å². The van der Waals surface area contributed by atoms with Gasteiger partial charge < -0.3 is 14.0 Å². The maximum Gasteiger partial charge on any atom is 0.121 e. The van der Waals surface area contributed by atoms with E-state index in [4.69, 9.17) is 13.5 Å². The first-order valence-electron chi connectivity index (χ1n) is 20.9. The Hall–Kier alpha value is -5.49. The monoisotopic (exact) mass is 946 g/mol. The minimum atomic E-state index is -2.33. The van der Waals surface area contributed by atoms with Gasteiger partial charge in [-0.15, -0.1) is 42.0 Å². The van der Waals surface area contributed by atoms with Crippen LogP contribution in [0.3, 0.4) is 0 Å². The van der Waals surface area contributed by atoms with Crippen molar-refractivity contribution in [3.8, 4) is 28.3 Å². The van der Waals surface area contributed by atoms with Crippen molar-refractivity contribution in [1.29, 1.82) is 0 Å². The number of aromatic nitrogens is 4. The number of nitrogens with zero attached hydrogens (tertiary/aromatic N) is 4. The van der Waals surface area contributed by atoms with Gasteiger partial charge in [0, 0.05) is 53.0 Å². The van der Waals surface area contributed by atoms with E-state index in [0.717, 1.165) is 67.1 Å². The van der Waals surface area contributed by atoms with E-state index in [9.17, 15) is 4.39 Å². The van der Waals surface area contributed by atoms with Gasteiger partial charge in [-0.3, -0.25) is 14.4 Å². The molecule has 0 amide bonds. The zero-order valence-electron chi connectivity index (χ0n) is 37.0. The first-order chi connectivity index (χ1) is 28.5. The molecule has 1 radical (unpaired) electrons. The van der Waals surface area contributed by atoms with Crippen molar-refractivity contribution in [2.24, 2.45) is 0 Å². The molecule has 0 aliphatic rings. The Morgan fingerprint density at radius 3 is 2.16 bits per heavy atom.